The van der Waals surface area contributed by atoms with Crippen LogP contribution >= 0.6 is 0 Å². The third-order valence-electron chi connectivity index (χ3n) is 4.34. The first-order valence-corrected chi connectivity index (χ1v) is 9.27. The van der Waals surface area contributed by atoms with Crippen molar-refractivity contribution in [2.24, 2.45) is 0 Å². The third kappa shape index (κ3) is 4.73. The summed E-state index contributed by atoms with van der Waals surface area (Å²) in [5, 5.41) is 8.83. The van der Waals surface area contributed by atoms with E-state index in [1.165, 1.54) is 5.56 Å². The minimum absolute atomic E-state index is 0.305. The molecular formula is C20H24N6O. The Bertz CT molecular complexity index is 943. The molecule has 3 rings (SSSR count). The molecule has 1 aromatic carbocycles. The summed E-state index contributed by atoms with van der Waals surface area (Å²) in [7, 11) is 0. The Morgan fingerprint density at radius 3 is 2.89 bits per heavy atom. The van der Waals surface area contributed by atoms with Crippen LogP contribution in [0.2, 0.25) is 0 Å². The van der Waals surface area contributed by atoms with Gasteiger partial charge in [-0.15, -0.1) is 0 Å². The zero-order chi connectivity index (χ0) is 19.1. The van der Waals surface area contributed by atoms with Crippen LogP contribution in [0.25, 0.3) is 11.2 Å². The fourth-order valence-corrected chi connectivity index (χ4v) is 2.92. The van der Waals surface area contributed by atoms with Crippen molar-refractivity contribution in [3.05, 3.63) is 41.7 Å². The Morgan fingerprint density at radius 1 is 1.22 bits per heavy atom. The predicted octanol–water partition coefficient (Wildman–Crippen LogP) is 3.29. The Hall–Kier alpha value is -3.14. The quantitative estimate of drug-likeness (QED) is 0.585. The van der Waals surface area contributed by atoms with Gasteiger partial charge in [-0.1, -0.05) is 37.6 Å². The molecule has 27 heavy (non-hydrogen) atoms. The van der Waals surface area contributed by atoms with Gasteiger partial charge in [0, 0.05) is 6.54 Å². The minimum atomic E-state index is 0.305. The summed E-state index contributed by atoms with van der Waals surface area (Å²) in [6.45, 7) is 3.45. The normalized spacial score (nSPS) is 10.8. The summed E-state index contributed by atoms with van der Waals surface area (Å²) in [5.74, 6) is 0.342. The van der Waals surface area contributed by atoms with E-state index in [1.54, 1.807) is 6.33 Å². The molecule has 0 atom stereocenters. The molecule has 140 valence electrons. The average Bonchev–Trinajstić information content (AvgIpc) is 3.06. The second kappa shape index (κ2) is 8.99. The zero-order valence-corrected chi connectivity index (χ0v) is 15.6. The van der Waals surface area contributed by atoms with Crippen LogP contribution in [0.5, 0.6) is 6.01 Å². The summed E-state index contributed by atoms with van der Waals surface area (Å²) < 4.78 is 7.59. The van der Waals surface area contributed by atoms with Gasteiger partial charge in [0.15, 0.2) is 11.5 Å². The number of rotatable bonds is 9. The molecule has 0 saturated carbocycles. The molecule has 0 amide bonds. The Balaban J connectivity index is 1.68. The van der Waals surface area contributed by atoms with E-state index in [2.05, 4.69) is 40.1 Å². The number of fused-ring (bicyclic) bond motifs is 1. The van der Waals surface area contributed by atoms with Crippen LogP contribution in [0.1, 0.15) is 37.3 Å². The van der Waals surface area contributed by atoms with Crippen molar-refractivity contribution in [1.82, 2.24) is 19.5 Å². The molecule has 2 heterocycles. The van der Waals surface area contributed by atoms with Gasteiger partial charge in [-0.2, -0.15) is 15.2 Å². The zero-order valence-electron chi connectivity index (χ0n) is 15.6. The molecule has 0 spiro atoms. The highest BCUT2D eigenvalue weighted by Crippen LogP contribution is 2.20. The Labute approximate surface area is 158 Å². The Kier molecular flexibility index (Phi) is 6.21. The number of nitrogens with two attached hydrogens (primary N) is 1. The number of nitrogen functional groups attached to an aromatic ring is 1. The van der Waals surface area contributed by atoms with E-state index < -0.39 is 0 Å². The number of benzene rings is 1. The van der Waals surface area contributed by atoms with Crippen molar-refractivity contribution < 1.29 is 4.74 Å². The van der Waals surface area contributed by atoms with Crippen LogP contribution in [0.4, 0.5) is 5.82 Å². The minimum Gasteiger partial charge on any atom is -0.463 e. The smallest absolute Gasteiger partial charge is 0.320 e. The van der Waals surface area contributed by atoms with Crippen LogP contribution in [0, 0.1) is 11.3 Å². The lowest BCUT2D eigenvalue weighted by Gasteiger charge is -2.07. The maximum Gasteiger partial charge on any atom is 0.320 e. The van der Waals surface area contributed by atoms with Gasteiger partial charge in [0.05, 0.1) is 25.4 Å². The molecule has 0 saturated heterocycles. The van der Waals surface area contributed by atoms with Gasteiger partial charge in [-0.3, -0.25) is 0 Å². The topological polar surface area (TPSA) is 103 Å². The number of anilines is 1. The summed E-state index contributed by atoms with van der Waals surface area (Å²) in [6, 6.07) is 10.7. The van der Waals surface area contributed by atoms with Crippen molar-refractivity contribution in [3.63, 3.8) is 0 Å². The van der Waals surface area contributed by atoms with Gasteiger partial charge in [-0.05, 0) is 30.4 Å². The molecule has 0 aliphatic carbocycles. The molecule has 7 nitrogen and oxygen atoms in total. The van der Waals surface area contributed by atoms with Gasteiger partial charge in [0.2, 0.25) is 0 Å². The van der Waals surface area contributed by atoms with Gasteiger partial charge in [0.1, 0.15) is 5.52 Å². The molecular weight excluding hydrogens is 340 g/mol. The molecule has 0 radical (unpaired) electrons. The average molecular weight is 364 g/mol. The monoisotopic (exact) mass is 364 g/mol. The molecule has 0 bridgehead atoms. The first-order chi connectivity index (χ1) is 13.2. The first kappa shape index (κ1) is 18.6. The van der Waals surface area contributed by atoms with E-state index in [1.807, 2.05) is 16.7 Å². The van der Waals surface area contributed by atoms with Crippen molar-refractivity contribution >= 4 is 17.0 Å². The molecule has 7 heteroatoms. The highest BCUT2D eigenvalue weighted by molar-refractivity contribution is 5.81. The summed E-state index contributed by atoms with van der Waals surface area (Å²) >= 11 is 0. The van der Waals surface area contributed by atoms with Crippen LogP contribution in [0.15, 0.2) is 30.6 Å². The molecule has 2 aromatic heterocycles. The number of aryl methyl sites for hydroxylation is 2. The van der Waals surface area contributed by atoms with Crippen LogP contribution < -0.4 is 10.5 Å². The lowest BCUT2D eigenvalue weighted by molar-refractivity contribution is 0.286. The summed E-state index contributed by atoms with van der Waals surface area (Å²) in [6.07, 6.45) is 6.03. The molecule has 0 aliphatic rings. The molecule has 2 N–H and O–H groups in total. The van der Waals surface area contributed by atoms with E-state index >= 15 is 0 Å². The maximum absolute atomic E-state index is 8.83. The van der Waals surface area contributed by atoms with Crippen molar-refractivity contribution in [2.75, 3.05) is 12.3 Å². The van der Waals surface area contributed by atoms with E-state index in [-0.39, 0.29) is 0 Å². The molecule has 0 aliphatic heterocycles. The van der Waals surface area contributed by atoms with Crippen LogP contribution in [-0.4, -0.2) is 26.1 Å². The van der Waals surface area contributed by atoms with E-state index in [4.69, 9.17) is 15.7 Å². The number of hydrogen-bond donors (Lipinski definition) is 1. The second-order valence-electron chi connectivity index (χ2n) is 6.46. The van der Waals surface area contributed by atoms with E-state index in [0.29, 0.717) is 36.0 Å². The van der Waals surface area contributed by atoms with Crippen molar-refractivity contribution in [3.8, 4) is 12.1 Å². The summed E-state index contributed by atoms with van der Waals surface area (Å²) in [5.41, 5.74) is 9.59. The number of nitrogens with zero attached hydrogens (tertiary/aromatic N) is 5. The fourth-order valence-electron chi connectivity index (χ4n) is 2.92. The van der Waals surface area contributed by atoms with Gasteiger partial charge in [-0.25, -0.2) is 4.98 Å². The largest absolute Gasteiger partial charge is 0.463 e. The van der Waals surface area contributed by atoms with Gasteiger partial charge < -0.3 is 15.0 Å². The van der Waals surface area contributed by atoms with E-state index in [0.717, 1.165) is 37.8 Å². The maximum atomic E-state index is 8.83. The van der Waals surface area contributed by atoms with Gasteiger partial charge >= 0.3 is 6.01 Å². The number of unbranched alkanes of at least 4 members (excludes halogenated alkanes) is 1. The van der Waals surface area contributed by atoms with E-state index in [9.17, 15) is 0 Å². The molecule has 0 unspecified atom stereocenters. The molecule has 0 fully saturated rings. The number of aromatic nitrogens is 4. The second-order valence-corrected chi connectivity index (χ2v) is 6.46. The van der Waals surface area contributed by atoms with Crippen molar-refractivity contribution in [1.29, 1.82) is 5.26 Å². The fraction of sp³-hybridized carbons (Fsp3) is 0.400. The highest BCUT2D eigenvalue weighted by Gasteiger charge is 2.12. The number of nitriles is 1. The first-order valence-electron chi connectivity index (χ1n) is 9.27. The number of ether oxygens (including phenoxy) is 1. The van der Waals surface area contributed by atoms with Gasteiger partial charge in [0.25, 0.3) is 0 Å². The highest BCUT2D eigenvalue weighted by atomic mass is 16.5. The standard InChI is InChI=1S/C20H24N6O/c1-2-3-12-27-20-24-18(22)17-19(25-20)26(14-23-17)11-5-8-15-6-4-7-16(13-15)9-10-21/h4,6-7,13-14H,2-3,5,8-9,11-12H2,1H3,(H2,22,24,25). The Morgan fingerprint density at radius 2 is 2.07 bits per heavy atom. The van der Waals surface area contributed by atoms with Crippen molar-refractivity contribution in [2.45, 2.75) is 45.6 Å². The SMILES string of the molecule is CCCCOc1nc(N)c2ncn(CCCc3cccc(CC#N)c3)c2n1. The third-order valence-corrected chi connectivity index (χ3v) is 4.34. The number of imidazole rings is 1. The predicted molar refractivity (Wildman–Crippen MR) is 104 cm³/mol. The molecule has 3 aromatic rings. The van der Waals surface area contributed by atoms with Crippen LogP contribution in [0.3, 0.4) is 0 Å². The summed E-state index contributed by atoms with van der Waals surface area (Å²) in [4.78, 5) is 13.0. The van der Waals surface area contributed by atoms with Crippen LogP contribution in [-0.2, 0) is 19.4 Å². The number of hydrogen-bond acceptors (Lipinski definition) is 6. The lowest BCUT2D eigenvalue weighted by atomic mass is 10.1. The lowest BCUT2D eigenvalue weighted by Crippen LogP contribution is -2.06.